The van der Waals surface area contributed by atoms with Crippen molar-refractivity contribution in [3.63, 3.8) is 0 Å². The summed E-state index contributed by atoms with van der Waals surface area (Å²) in [6.07, 6.45) is 4.04. The van der Waals surface area contributed by atoms with E-state index in [2.05, 4.69) is 11.2 Å². The summed E-state index contributed by atoms with van der Waals surface area (Å²) in [6, 6.07) is 12.8. The summed E-state index contributed by atoms with van der Waals surface area (Å²) in [5.41, 5.74) is 1.40. The predicted octanol–water partition coefficient (Wildman–Crippen LogP) is 2.24. The predicted molar refractivity (Wildman–Crippen MR) is 58.6 cm³/mol. The summed E-state index contributed by atoms with van der Waals surface area (Å²) < 4.78 is 5.12. The summed E-state index contributed by atoms with van der Waals surface area (Å²) in [4.78, 5) is 15.3. The second-order valence-electron chi connectivity index (χ2n) is 3.24. The van der Waals surface area contributed by atoms with Crippen molar-refractivity contribution >= 4 is 5.97 Å². The van der Waals surface area contributed by atoms with Gasteiger partial charge in [0.2, 0.25) is 0 Å². The van der Waals surface area contributed by atoms with Crippen molar-refractivity contribution in [2.75, 3.05) is 0 Å². The first-order valence-electron chi connectivity index (χ1n) is 4.89. The number of aromatic nitrogens is 1. The molecular weight excluding hydrogens is 202 g/mol. The van der Waals surface area contributed by atoms with Gasteiger partial charge in [0.15, 0.2) is 0 Å². The average molecular weight is 212 g/mol. The van der Waals surface area contributed by atoms with Crippen LogP contribution in [-0.2, 0) is 11.3 Å². The Morgan fingerprint density at radius 1 is 1.25 bits per heavy atom. The first-order chi connectivity index (χ1) is 7.86. The Hall–Kier alpha value is -2.16. The normalized spacial score (nSPS) is 9.75. The first kappa shape index (κ1) is 10.4. The quantitative estimate of drug-likeness (QED) is 0.732. The second kappa shape index (κ2) is 5.07. The van der Waals surface area contributed by atoms with E-state index in [1.54, 1.807) is 12.1 Å². The highest BCUT2D eigenvalue weighted by molar-refractivity contribution is 5.88. The van der Waals surface area contributed by atoms with Gasteiger partial charge in [0, 0.05) is 6.20 Å². The molecular formula is C13H10NO2. The van der Waals surface area contributed by atoms with Crippen molar-refractivity contribution < 1.29 is 9.53 Å². The number of rotatable bonds is 3. The highest BCUT2D eigenvalue weighted by Crippen LogP contribution is 2.04. The largest absolute Gasteiger partial charge is 0.457 e. The Morgan fingerprint density at radius 3 is 2.75 bits per heavy atom. The lowest BCUT2D eigenvalue weighted by Gasteiger charge is -2.03. The molecule has 0 fully saturated rings. The molecule has 1 radical (unpaired) electrons. The van der Waals surface area contributed by atoms with E-state index in [1.165, 1.54) is 6.20 Å². The fourth-order valence-electron chi connectivity index (χ4n) is 1.25. The first-order valence-corrected chi connectivity index (χ1v) is 4.89. The fourth-order valence-corrected chi connectivity index (χ4v) is 1.25. The van der Waals surface area contributed by atoms with Crippen molar-refractivity contribution in [1.82, 2.24) is 4.98 Å². The zero-order valence-corrected chi connectivity index (χ0v) is 8.59. The van der Waals surface area contributed by atoms with Crippen LogP contribution in [0.25, 0.3) is 0 Å². The number of nitrogens with zero attached hydrogens (tertiary/aromatic N) is 1. The number of esters is 1. The molecule has 0 N–H and O–H groups in total. The number of ether oxygens (including phenoxy) is 1. The van der Waals surface area contributed by atoms with Crippen LogP contribution in [0, 0.1) is 6.20 Å². The van der Waals surface area contributed by atoms with E-state index < -0.39 is 0 Å². The third-order valence-corrected chi connectivity index (χ3v) is 2.06. The molecule has 1 aromatic heterocycles. The molecule has 3 nitrogen and oxygen atoms in total. The van der Waals surface area contributed by atoms with Crippen LogP contribution in [0.3, 0.4) is 0 Å². The fraction of sp³-hybridized carbons (Fsp3) is 0.0769. The Bertz CT molecular complexity index is 454. The number of hydrogen-bond donors (Lipinski definition) is 0. The summed E-state index contributed by atoms with van der Waals surface area (Å²) in [5.74, 6) is -0.370. The van der Waals surface area contributed by atoms with Gasteiger partial charge < -0.3 is 4.74 Å². The Labute approximate surface area is 93.7 Å². The molecule has 0 aliphatic heterocycles. The van der Waals surface area contributed by atoms with Crippen molar-refractivity contribution in [3.05, 3.63) is 66.0 Å². The minimum absolute atomic E-state index is 0.276. The maximum Gasteiger partial charge on any atom is 0.340 e. The molecule has 0 bridgehead atoms. The molecule has 0 spiro atoms. The Balaban J connectivity index is 1.95. The van der Waals surface area contributed by atoms with E-state index in [1.807, 2.05) is 30.3 Å². The number of hydrogen-bond acceptors (Lipinski definition) is 3. The summed E-state index contributed by atoms with van der Waals surface area (Å²) in [6.45, 7) is 0.276. The van der Waals surface area contributed by atoms with Gasteiger partial charge in [-0.1, -0.05) is 30.3 Å². The number of benzene rings is 1. The second-order valence-corrected chi connectivity index (χ2v) is 3.24. The Morgan fingerprint density at radius 2 is 2.06 bits per heavy atom. The molecule has 0 atom stereocenters. The van der Waals surface area contributed by atoms with Crippen molar-refractivity contribution in [3.8, 4) is 0 Å². The van der Waals surface area contributed by atoms with Crippen molar-refractivity contribution in [2.24, 2.45) is 0 Å². The van der Waals surface area contributed by atoms with Crippen LogP contribution in [0.5, 0.6) is 0 Å². The van der Waals surface area contributed by atoms with E-state index in [0.717, 1.165) is 5.56 Å². The summed E-state index contributed by atoms with van der Waals surface area (Å²) >= 11 is 0. The molecule has 16 heavy (non-hydrogen) atoms. The minimum atomic E-state index is -0.370. The van der Waals surface area contributed by atoms with Gasteiger partial charge in [-0.05, 0) is 17.7 Å². The molecule has 0 aliphatic rings. The molecule has 0 unspecified atom stereocenters. The van der Waals surface area contributed by atoms with Gasteiger partial charge in [-0.15, -0.1) is 0 Å². The van der Waals surface area contributed by atoms with E-state index in [4.69, 9.17) is 4.74 Å². The summed E-state index contributed by atoms with van der Waals surface area (Å²) in [5, 5.41) is 0. The molecule has 3 heteroatoms. The number of carbonyl (C=O) groups is 1. The molecule has 0 saturated carbocycles. The molecule has 0 saturated heterocycles. The van der Waals surface area contributed by atoms with Crippen molar-refractivity contribution in [1.29, 1.82) is 0 Å². The summed E-state index contributed by atoms with van der Waals surface area (Å²) in [7, 11) is 0. The van der Waals surface area contributed by atoms with E-state index in [-0.39, 0.29) is 12.6 Å². The lowest BCUT2D eigenvalue weighted by atomic mass is 10.2. The van der Waals surface area contributed by atoms with E-state index in [0.29, 0.717) is 5.56 Å². The van der Waals surface area contributed by atoms with Crippen molar-refractivity contribution in [2.45, 2.75) is 6.61 Å². The van der Waals surface area contributed by atoms with Gasteiger partial charge >= 0.3 is 5.97 Å². The van der Waals surface area contributed by atoms with Crippen LogP contribution in [0.2, 0.25) is 0 Å². The van der Waals surface area contributed by atoms with Gasteiger partial charge in [-0.25, -0.2) is 4.79 Å². The van der Waals surface area contributed by atoms with Gasteiger partial charge in [-0.2, -0.15) is 0 Å². The van der Waals surface area contributed by atoms with Crippen LogP contribution in [0.4, 0.5) is 0 Å². The minimum Gasteiger partial charge on any atom is -0.457 e. The molecule has 0 amide bonds. The molecule has 0 aliphatic carbocycles. The maximum absolute atomic E-state index is 11.5. The molecule has 1 heterocycles. The monoisotopic (exact) mass is 212 g/mol. The molecule has 2 rings (SSSR count). The number of pyridine rings is 1. The maximum atomic E-state index is 11.5. The van der Waals surface area contributed by atoms with E-state index >= 15 is 0 Å². The lowest BCUT2D eigenvalue weighted by molar-refractivity contribution is 0.0472. The highest BCUT2D eigenvalue weighted by Gasteiger charge is 2.06. The standard InChI is InChI=1S/C13H10NO2/c15-13(12-7-4-8-14-9-12)16-10-11-5-2-1-3-6-11/h1-7,9H,10H2. The average Bonchev–Trinajstić information content (AvgIpc) is 2.38. The zero-order valence-electron chi connectivity index (χ0n) is 8.59. The van der Waals surface area contributed by atoms with Crippen LogP contribution in [0.1, 0.15) is 15.9 Å². The highest BCUT2D eigenvalue weighted by atomic mass is 16.5. The number of carbonyl (C=O) groups excluding carboxylic acids is 1. The van der Waals surface area contributed by atoms with Gasteiger partial charge in [0.05, 0.1) is 11.8 Å². The SMILES string of the molecule is O=C(OCc1ccccc1)c1cc[c]nc1. The lowest BCUT2D eigenvalue weighted by Crippen LogP contribution is -2.05. The van der Waals surface area contributed by atoms with Crippen LogP contribution < -0.4 is 0 Å². The van der Waals surface area contributed by atoms with Crippen LogP contribution in [0.15, 0.2) is 48.7 Å². The molecule has 1 aromatic carbocycles. The van der Waals surface area contributed by atoms with Gasteiger partial charge in [0.25, 0.3) is 0 Å². The van der Waals surface area contributed by atoms with Crippen LogP contribution >= 0.6 is 0 Å². The van der Waals surface area contributed by atoms with Gasteiger partial charge in [-0.3, -0.25) is 4.98 Å². The smallest absolute Gasteiger partial charge is 0.340 e. The zero-order chi connectivity index (χ0) is 11.2. The third kappa shape index (κ3) is 2.67. The van der Waals surface area contributed by atoms with Gasteiger partial charge in [0.1, 0.15) is 6.61 Å². The molecule has 2 aromatic rings. The topological polar surface area (TPSA) is 39.2 Å². The van der Waals surface area contributed by atoms with E-state index in [9.17, 15) is 4.79 Å². The third-order valence-electron chi connectivity index (χ3n) is 2.06. The molecule has 79 valence electrons. The Kier molecular flexibility index (Phi) is 3.28. The van der Waals surface area contributed by atoms with Crippen LogP contribution in [-0.4, -0.2) is 11.0 Å².